The van der Waals surface area contributed by atoms with E-state index < -0.39 is 0 Å². The van der Waals surface area contributed by atoms with Gasteiger partial charge in [0, 0.05) is 36.2 Å². The third kappa shape index (κ3) is 5.48. The number of aromatic nitrogens is 1. The van der Waals surface area contributed by atoms with Crippen LogP contribution in [0.25, 0.3) is 27.7 Å². The molecule has 1 aliphatic heterocycles. The molecule has 40 heavy (non-hydrogen) atoms. The average Bonchev–Trinajstić information content (AvgIpc) is 3.29. The van der Waals surface area contributed by atoms with Crippen LogP contribution < -0.4 is 19.9 Å². The van der Waals surface area contributed by atoms with Gasteiger partial charge in [0.2, 0.25) is 5.43 Å². The summed E-state index contributed by atoms with van der Waals surface area (Å²) < 4.78 is 27.3. The van der Waals surface area contributed by atoms with Crippen molar-refractivity contribution in [1.82, 2.24) is 4.57 Å². The number of fused-ring (bicyclic) bond motifs is 1. The Labute approximate surface area is 238 Å². The molecule has 5 rings (SSSR count). The topological polar surface area (TPSA) is 91.7 Å². The predicted molar refractivity (Wildman–Crippen MR) is 155 cm³/mol. The van der Waals surface area contributed by atoms with Gasteiger partial charge < -0.3 is 19.1 Å². The van der Waals surface area contributed by atoms with E-state index in [1.165, 1.54) is 12.1 Å². The number of pyridine rings is 1. The van der Waals surface area contributed by atoms with Gasteiger partial charge in [-0.15, -0.1) is 4.99 Å². The molecule has 0 aliphatic carbocycles. The van der Waals surface area contributed by atoms with Crippen molar-refractivity contribution in [1.29, 1.82) is 0 Å². The molecule has 0 spiro atoms. The van der Waals surface area contributed by atoms with E-state index in [9.17, 15) is 19.1 Å². The Hall–Kier alpha value is -4.08. The fraction of sp³-hybridized carbons (Fsp3) is 0.167. The lowest BCUT2D eigenvalue weighted by Crippen LogP contribution is -2.73. The summed E-state index contributed by atoms with van der Waals surface area (Å²) in [6.45, 7) is 2.26. The van der Waals surface area contributed by atoms with E-state index >= 15 is 0 Å². The second-order valence-electron chi connectivity index (χ2n) is 9.10. The molecule has 2 N–H and O–H groups in total. The third-order valence-corrected chi connectivity index (χ3v) is 7.79. The van der Waals surface area contributed by atoms with Crippen LogP contribution in [0.2, 0.25) is 5.02 Å². The standard InChI is InChI=1S/C30H24ClFN2O5S/c1-17(28-29(36)33-30(37)40-28)19-10-13-24(22(31)16-19)38-14-5-15-39-27-25(18-8-11-20(32)12-9-18)34(2)23-7-4-3-6-21(23)26(27)35/h3-4,6-13,16H,5,14-15H2,1-2H3,(H,33,36,37)/p+1/b28-17+. The molecule has 10 heteroatoms. The van der Waals surface area contributed by atoms with Crippen molar-refractivity contribution in [3.8, 4) is 22.8 Å². The maximum atomic E-state index is 13.6. The minimum Gasteiger partial charge on any atom is -0.492 e. The number of hydrogen-bond acceptors (Lipinski definition) is 5. The van der Waals surface area contributed by atoms with Gasteiger partial charge in [0.15, 0.2) is 5.75 Å². The SMILES string of the molecule is C/C(=C1\SC(O)=[NH+]C1=O)c1ccc(OCCCOc2c(-c3ccc(F)cc3)n(C)c3ccccc3c2=O)c(Cl)c1. The minimum atomic E-state index is -0.367. The molecule has 0 bridgehead atoms. The summed E-state index contributed by atoms with van der Waals surface area (Å²) in [5.74, 6) is -0.0702. The Balaban J connectivity index is 1.29. The predicted octanol–water partition coefficient (Wildman–Crippen LogP) is 4.84. The summed E-state index contributed by atoms with van der Waals surface area (Å²) in [7, 11) is 1.85. The maximum absolute atomic E-state index is 13.6. The van der Waals surface area contributed by atoms with Gasteiger partial charge in [0.25, 0.3) is 0 Å². The van der Waals surface area contributed by atoms with Crippen LogP contribution in [0.15, 0.2) is 76.4 Å². The van der Waals surface area contributed by atoms with Gasteiger partial charge in [0.05, 0.1) is 29.4 Å². The number of ether oxygens (including phenoxy) is 2. The number of amides is 1. The number of aryl methyl sites for hydroxylation is 1. The van der Waals surface area contributed by atoms with E-state index in [0.717, 1.165) is 22.8 Å². The molecule has 1 aromatic heterocycles. The van der Waals surface area contributed by atoms with Crippen molar-refractivity contribution in [2.24, 2.45) is 7.05 Å². The molecule has 0 fully saturated rings. The number of halogens is 2. The van der Waals surface area contributed by atoms with Crippen molar-refractivity contribution in [3.05, 3.63) is 98.3 Å². The van der Waals surface area contributed by atoms with Gasteiger partial charge in [0.1, 0.15) is 16.5 Å². The van der Waals surface area contributed by atoms with Crippen molar-refractivity contribution in [2.45, 2.75) is 13.3 Å². The first-order valence-corrected chi connectivity index (χ1v) is 13.6. The first-order valence-electron chi connectivity index (χ1n) is 12.4. The number of benzene rings is 3. The molecule has 1 amide bonds. The molecule has 0 unspecified atom stereocenters. The highest BCUT2D eigenvalue weighted by molar-refractivity contribution is 8.17. The Morgan fingerprint density at radius 3 is 2.48 bits per heavy atom. The average molecular weight is 580 g/mol. The lowest BCUT2D eigenvalue weighted by atomic mass is 10.1. The van der Waals surface area contributed by atoms with Crippen molar-refractivity contribution >= 4 is 51.0 Å². The van der Waals surface area contributed by atoms with Crippen LogP contribution in [0, 0.1) is 5.82 Å². The number of allylic oxidation sites excluding steroid dienone is 1. The van der Waals surface area contributed by atoms with E-state index in [-0.39, 0.29) is 41.3 Å². The van der Waals surface area contributed by atoms with Gasteiger partial charge in [-0.1, -0.05) is 29.8 Å². The number of carbonyl (C=O) groups excluding carboxylic acids is 1. The fourth-order valence-electron chi connectivity index (χ4n) is 4.49. The van der Waals surface area contributed by atoms with Crippen LogP contribution in [-0.2, 0) is 11.8 Å². The molecule has 3 aromatic carbocycles. The minimum absolute atomic E-state index is 0.154. The molecule has 204 valence electrons. The number of hydrogen-bond donors (Lipinski definition) is 2. The van der Waals surface area contributed by atoms with Crippen LogP contribution in [0.3, 0.4) is 0 Å². The highest BCUT2D eigenvalue weighted by atomic mass is 35.5. The molecule has 4 aromatic rings. The van der Waals surface area contributed by atoms with E-state index in [2.05, 4.69) is 4.99 Å². The monoisotopic (exact) mass is 579 g/mol. The number of rotatable bonds is 8. The lowest BCUT2D eigenvalue weighted by molar-refractivity contribution is -0.374. The molecule has 0 saturated heterocycles. The number of aliphatic hydroxyl groups is 1. The Morgan fingerprint density at radius 1 is 1.05 bits per heavy atom. The van der Waals surface area contributed by atoms with Crippen LogP contribution >= 0.6 is 23.4 Å². The van der Waals surface area contributed by atoms with E-state index in [1.807, 2.05) is 23.7 Å². The molecule has 2 heterocycles. The number of aliphatic hydroxyl groups excluding tert-OH is 1. The summed E-state index contributed by atoms with van der Waals surface area (Å²) >= 11 is 7.40. The van der Waals surface area contributed by atoms with E-state index in [4.69, 9.17) is 21.1 Å². The van der Waals surface area contributed by atoms with Crippen LogP contribution in [0.1, 0.15) is 18.9 Å². The van der Waals surface area contributed by atoms with Crippen LogP contribution in [0.4, 0.5) is 4.39 Å². The zero-order valence-electron chi connectivity index (χ0n) is 21.7. The third-order valence-electron chi connectivity index (χ3n) is 6.51. The summed E-state index contributed by atoms with van der Waals surface area (Å²) in [4.78, 5) is 28.1. The smallest absolute Gasteiger partial charge is 0.428 e. The highest BCUT2D eigenvalue weighted by Gasteiger charge is 2.31. The van der Waals surface area contributed by atoms with Crippen LogP contribution in [-0.4, -0.2) is 34.0 Å². The molecule has 0 atom stereocenters. The summed E-state index contributed by atoms with van der Waals surface area (Å²) in [6, 6.07) is 18.4. The van der Waals surface area contributed by atoms with E-state index in [1.54, 1.807) is 49.4 Å². The van der Waals surface area contributed by atoms with Crippen LogP contribution in [0.5, 0.6) is 11.5 Å². The largest absolute Gasteiger partial charge is 0.492 e. The second kappa shape index (κ2) is 11.6. The second-order valence-corrected chi connectivity index (χ2v) is 10.5. The molecule has 7 nitrogen and oxygen atoms in total. The highest BCUT2D eigenvalue weighted by Crippen LogP contribution is 2.33. The fourth-order valence-corrected chi connectivity index (χ4v) is 5.48. The Kier molecular flexibility index (Phi) is 7.95. The number of carbonyl (C=O) groups is 1. The van der Waals surface area contributed by atoms with Crippen molar-refractivity contribution in [3.63, 3.8) is 0 Å². The first kappa shape index (κ1) is 27.5. The quantitative estimate of drug-likeness (QED) is 0.229. The summed E-state index contributed by atoms with van der Waals surface area (Å²) in [6.07, 6.45) is 0.464. The molecule has 0 radical (unpaired) electrons. The Bertz CT molecular complexity index is 1750. The van der Waals surface area contributed by atoms with Crippen molar-refractivity contribution < 1.29 is 28.8 Å². The maximum Gasteiger partial charge on any atom is 0.428 e. The zero-order valence-corrected chi connectivity index (χ0v) is 23.2. The van der Waals surface area contributed by atoms with Gasteiger partial charge in [-0.25, -0.2) is 9.18 Å². The molecule has 0 saturated carbocycles. The molecular weight excluding hydrogens is 555 g/mol. The summed E-state index contributed by atoms with van der Waals surface area (Å²) in [5, 5.41) is 10.3. The lowest BCUT2D eigenvalue weighted by Gasteiger charge is -2.18. The zero-order chi connectivity index (χ0) is 28.4. The van der Waals surface area contributed by atoms with Crippen molar-refractivity contribution in [2.75, 3.05) is 13.2 Å². The molecule has 1 aliphatic rings. The number of nitrogens with one attached hydrogen (secondary N) is 1. The first-order chi connectivity index (χ1) is 19.2. The summed E-state index contributed by atoms with van der Waals surface area (Å²) in [5.41, 5.74) is 3.14. The number of para-hydroxylation sites is 1. The molecular formula is C30H25ClFN2O5S+. The van der Waals surface area contributed by atoms with Gasteiger partial charge in [-0.05, 0) is 66.6 Å². The number of nitrogens with zero attached hydrogens (tertiary/aromatic N) is 1. The van der Waals surface area contributed by atoms with Gasteiger partial charge >= 0.3 is 11.1 Å². The van der Waals surface area contributed by atoms with Gasteiger partial charge in [-0.3, -0.25) is 4.79 Å². The van der Waals surface area contributed by atoms with E-state index in [0.29, 0.717) is 44.3 Å². The number of thioether (sulfide) groups is 1. The van der Waals surface area contributed by atoms with Gasteiger partial charge in [-0.2, -0.15) is 0 Å². The Morgan fingerprint density at radius 2 is 1.77 bits per heavy atom. The normalized spacial score (nSPS) is 14.4.